The Hall–Kier alpha value is -3.08. The first-order valence-electron chi connectivity index (χ1n) is 7.70. The SMILES string of the molecule is CC(=O)c1cccc(NC(=O)C[C@@H](c2ccco2)n2cccc2)c1. The van der Waals surface area contributed by atoms with Gasteiger partial charge in [0.05, 0.1) is 18.7 Å². The summed E-state index contributed by atoms with van der Waals surface area (Å²) in [6, 6.07) is 14.2. The maximum absolute atomic E-state index is 12.4. The van der Waals surface area contributed by atoms with Crippen LogP contribution >= 0.6 is 0 Å². The van der Waals surface area contributed by atoms with Gasteiger partial charge in [-0.3, -0.25) is 9.59 Å². The molecule has 1 aromatic carbocycles. The molecule has 1 atom stereocenters. The number of rotatable bonds is 6. The zero-order chi connectivity index (χ0) is 16.9. The van der Waals surface area contributed by atoms with E-state index < -0.39 is 0 Å². The van der Waals surface area contributed by atoms with E-state index >= 15 is 0 Å². The molecule has 0 fully saturated rings. The average molecular weight is 322 g/mol. The summed E-state index contributed by atoms with van der Waals surface area (Å²) in [7, 11) is 0. The first-order chi connectivity index (χ1) is 11.6. The second-order valence-electron chi connectivity index (χ2n) is 5.55. The molecule has 3 rings (SSSR count). The Labute approximate surface area is 139 Å². The van der Waals surface area contributed by atoms with Gasteiger partial charge in [0.1, 0.15) is 5.76 Å². The smallest absolute Gasteiger partial charge is 0.226 e. The fourth-order valence-electron chi connectivity index (χ4n) is 2.59. The number of hydrogen-bond acceptors (Lipinski definition) is 3. The monoisotopic (exact) mass is 322 g/mol. The van der Waals surface area contributed by atoms with Crippen LogP contribution in [0.25, 0.3) is 0 Å². The molecule has 0 saturated carbocycles. The van der Waals surface area contributed by atoms with Crippen molar-refractivity contribution in [2.45, 2.75) is 19.4 Å². The zero-order valence-electron chi connectivity index (χ0n) is 13.3. The van der Waals surface area contributed by atoms with Crippen LogP contribution in [-0.2, 0) is 4.79 Å². The Balaban J connectivity index is 1.75. The van der Waals surface area contributed by atoms with E-state index in [1.807, 2.05) is 35.2 Å². The van der Waals surface area contributed by atoms with E-state index in [1.165, 1.54) is 6.92 Å². The number of nitrogens with one attached hydrogen (secondary N) is 1. The molecule has 0 radical (unpaired) electrons. The van der Waals surface area contributed by atoms with Crippen LogP contribution in [0.4, 0.5) is 5.69 Å². The predicted molar refractivity (Wildman–Crippen MR) is 91.0 cm³/mol. The number of hydrogen-bond donors (Lipinski definition) is 1. The van der Waals surface area contributed by atoms with E-state index in [9.17, 15) is 9.59 Å². The molecule has 122 valence electrons. The highest BCUT2D eigenvalue weighted by molar-refractivity contribution is 5.97. The maximum Gasteiger partial charge on any atom is 0.226 e. The molecular weight excluding hydrogens is 304 g/mol. The third-order valence-electron chi connectivity index (χ3n) is 3.79. The second-order valence-corrected chi connectivity index (χ2v) is 5.55. The predicted octanol–water partition coefficient (Wildman–Crippen LogP) is 3.90. The molecular formula is C19H18N2O3. The van der Waals surface area contributed by atoms with Crippen molar-refractivity contribution in [3.63, 3.8) is 0 Å². The number of nitrogens with zero attached hydrogens (tertiary/aromatic N) is 1. The summed E-state index contributed by atoms with van der Waals surface area (Å²) in [5, 5.41) is 2.85. The summed E-state index contributed by atoms with van der Waals surface area (Å²) < 4.78 is 7.41. The summed E-state index contributed by atoms with van der Waals surface area (Å²) in [5.41, 5.74) is 1.18. The van der Waals surface area contributed by atoms with Crippen LogP contribution in [-0.4, -0.2) is 16.3 Å². The van der Waals surface area contributed by atoms with Gasteiger partial charge in [-0.1, -0.05) is 12.1 Å². The molecule has 1 amide bonds. The number of Topliss-reactive ketones (excluding diaryl/α,β-unsaturated/α-hetero) is 1. The van der Waals surface area contributed by atoms with Crippen LogP contribution < -0.4 is 5.32 Å². The third kappa shape index (κ3) is 3.63. The van der Waals surface area contributed by atoms with Gasteiger partial charge in [-0.15, -0.1) is 0 Å². The molecule has 2 heterocycles. The first kappa shape index (κ1) is 15.8. The Morgan fingerprint density at radius 2 is 1.92 bits per heavy atom. The van der Waals surface area contributed by atoms with Crippen molar-refractivity contribution in [2.24, 2.45) is 0 Å². The molecule has 0 aliphatic rings. The molecule has 2 aromatic heterocycles. The normalized spacial score (nSPS) is 11.9. The molecule has 3 aromatic rings. The minimum atomic E-state index is -0.217. The minimum Gasteiger partial charge on any atom is -0.467 e. The molecule has 0 spiro atoms. The van der Waals surface area contributed by atoms with E-state index in [4.69, 9.17) is 4.42 Å². The van der Waals surface area contributed by atoms with Gasteiger partial charge in [-0.05, 0) is 43.3 Å². The van der Waals surface area contributed by atoms with E-state index in [0.717, 1.165) is 5.76 Å². The molecule has 0 aliphatic heterocycles. The zero-order valence-corrected chi connectivity index (χ0v) is 13.3. The standard InChI is InChI=1S/C19H18N2O3/c1-14(22)15-6-4-7-16(12-15)20-19(23)13-17(18-8-5-11-24-18)21-9-2-3-10-21/h2-12,17H,13H2,1H3,(H,20,23)/t17-/m0/s1. The Morgan fingerprint density at radius 1 is 1.12 bits per heavy atom. The van der Waals surface area contributed by atoms with Gasteiger partial charge in [0.25, 0.3) is 0 Å². The molecule has 24 heavy (non-hydrogen) atoms. The summed E-state index contributed by atoms with van der Waals surface area (Å²) in [5.74, 6) is 0.538. The van der Waals surface area contributed by atoms with Crippen LogP contribution in [0.3, 0.4) is 0 Å². The van der Waals surface area contributed by atoms with Crippen LogP contribution in [0.2, 0.25) is 0 Å². The van der Waals surface area contributed by atoms with Crippen molar-refractivity contribution < 1.29 is 14.0 Å². The minimum absolute atomic E-state index is 0.0353. The van der Waals surface area contributed by atoms with Gasteiger partial charge in [-0.2, -0.15) is 0 Å². The lowest BCUT2D eigenvalue weighted by molar-refractivity contribution is -0.116. The Morgan fingerprint density at radius 3 is 2.58 bits per heavy atom. The van der Waals surface area contributed by atoms with Gasteiger partial charge in [0.15, 0.2) is 5.78 Å². The molecule has 0 unspecified atom stereocenters. The maximum atomic E-state index is 12.4. The largest absolute Gasteiger partial charge is 0.467 e. The number of carbonyl (C=O) groups is 2. The number of aromatic nitrogens is 1. The summed E-state index contributed by atoms with van der Waals surface area (Å²) in [6.45, 7) is 1.50. The van der Waals surface area contributed by atoms with Crippen molar-refractivity contribution >= 4 is 17.4 Å². The van der Waals surface area contributed by atoms with Crippen LogP contribution in [0, 0.1) is 0 Å². The fraction of sp³-hybridized carbons (Fsp3) is 0.158. The summed E-state index contributed by atoms with van der Waals surface area (Å²) in [4.78, 5) is 23.9. The van der Waals surface area contributed by atoms with E-state index in [2.05, 4.69) is 5.32 Å². The van der Waals surface area contributed by atoms with Crippen LogP contribution in [0.5, 0.6) is 0 Å². The highest BCUT2D eigenvalue weighted by Crippen LogP contribution is 2.23. The lowest BCUT2D eigenvalue weighted by atomic mass is 10.1. The van der Waals surface area contributed by atoms with Gasteiger partial charge < -0.3 is 14.3 Å². The Kier molecular flexibility index (Phi) is 4.61. The number of ketones is 1. The van der Waals surface area contributed by atoms with Crippen LogP contribution in [0.1, 0.15) is 35.5 Å². The number of amides is 1. The number of carbonyl (C=O) groups excluding carboxylic acids is 2. The van der Waals surface area contributed by atoms with Gasteiger partial charge in [-0.25, -0.2) is 0 Å². The lowest BCUT2D eigenvalue weighted by Crippen LogP contribution is -2.19. The van der Waals surface area contributed by atoms with Crippen molar-refractivity contribution in [3.05, 3.63) is 78.5 Å². The lowest BCUT2D eigenvalue weighted by Gasteiger charge is -2.16. The highest BCUT2D eigenvalue weighted by Gasteiger charge is 2.20. The molecule has 5 heteroatoms. The second kappa shape index (κ2) is 7.00. The van der Waals surface area contributed by atoms with Crippen molar-refractivity contribution in [2.75, 3.05) is 5.32 Å². The van der Waals surface area contributed by atoms with E-state index in [1.54, 1.807) is 36.6 Å². The third-order valence-corrected chi connectivity index (χ3v) is 3.79. The molecule has 0 aliphatic carbocycles. The summed E-state index contributed by atoms with van der Waals surface area (Å²) >= 11 is 0. The topological polar surface area (TPSA) is 64.2 Å². The number of anilines is 1. The summed E-state index contributed by atoms with van der Waals surface area (Å²) in [6.07, 6.45) is 5.63. The highest BCUT2D eigenvalue weighted by atomic mass is 16.3. The molecule has 0 bridgehead atoms. The van der Waals surface area contributed by atoms with Crippen LogP contribution in [0.15, 0.2) is 71.6 Å². The number of benzene rings is 1. The van der Waals surface area contributed by atoms with Gasteiger partial charge in [0, 0.05) is 23.6 Å². The quantitative estimate of drug-likeness (QED) is 0.700. The molecule has 0 saturated heterocycles. The van der Waals surface area contributed by atoms with E-state index in [-0.39, 0.29) is 24.2 Å². The molecule has 1 N–H and O–H groups in total. The fourth-order valence-corrected chi connectivity index (χ4v) is 2.59. The van der Waals surface area contributed by atoms with Gasteiger partial charge >= 0.3 is 0 Å². The first-order valence-corrected chi connectivity index (χ1v) is 7.70. The Bertz CT molecular complexity index is 786. The van der Waals surface area contributed by atoms with Crippen molar-refractivity contribution in [3.8, 4) is 0 Å². The van der Waals surface area contributed by atoms with Crippen molar-refractivity contribution in [1.29, 1.82) is 0 Å². The molecule has 5 nitrogen and oxygen atoms in total. The van der Waals surface area contributed by atoms with Crippen molar-refractivity contribution in [1.82, 2.24) is 4.57 Å². The number of furan rings is 1. The van der Waals surface area contributed by atoms with E-state index in [0.29, 0.717) is 11.3 Å². The average Bonchev–Trinajstić information content (AvgIpc) is 3.26. The van der Waals surface area contributed by atoms with Gasteiger partial charge in [0.2, 0.25) is 5.91 Å².